The molecule has 0 heterocycles. The highest BCUT2D eigenvalue weighted by atomic mass is 16.4. The minimum atomic E-state index is -1.06. The number of carboxylic acids is 1. The van der Waals surface area contributed by atoms with Gasteiger partial charge in [0.25, 0.3) is 0 Å². The lowest BCUT2D eigenvalue weighted by atomic mass is 9.89. The van der Waals surface area contributed by atoms with Crippen molar-refractivity contribution in [3.63, 3.8) is 0 Å². The fourth-order valence-corrected chi connectivity index (χ4v) is 1.85. The SMILES string of the molecule is O=C(O)CC(=O)NCC1CCCCC1. The molecule has 1 fully saturated rings. The minimum absolute atomic E-state index is 0.372. The van der Waals surface area contributed by atoms with Gasteiger partial charge in [-0.2, -0.15) is 0 Å². The van der Waals surface area contributed by atoms with E-state index in [-0.39, 0.29) is 5.91 Å². The first-order valence-corrected chi connectivity index (χ1v) is 5.17. The van der Waals surface area contributed by atoms with Crippen molar-refractivity contribution in [1.29, 1.82) is 0 Å². The van der Waals surface area contributed by atoms with Gasteiger partial charge in [-0.1, -0.05) is 19.3 Å². The molecule has 0 bridgehead atoms. The van der Waals surface area contributed by atoms with Gasteiger partial charge in [0.05, 0.1) is 0 Å². The first-order chi connectivity index (χ1) is 6.68. The maximum Gasteiger partial charge on any atom is 0.312 e. The van der Waals surface area contributed by atoms with Gasteiger partial charge in [-0.3, -0.25) is 9.59 Å². The van der Waals surface area contributed by atoms with Crippen LogP contribution in [0.1, 0.15) is 38.5 Å². The van der Waals surface area contributed by atoms with Crippen molar-refractivity contribution in [3.05, 3.63) is 0 Å². The lowest BCUT2D eigenvalue weighted by Gasteiger charge is -2.21. The van der Waals surface area contributed by atoms with E-state index < -0.39 is 12.4 Å². The Hall–Kier alpha value is -1.06. The Labute approximate surface area is 83.7 Å². The molecule has 0 unspecified atom stereocenters. The lowest BCUT2D eigenvalue weighted by molar-refractivity contribution is -0.140. The van der Waals surface area contributed by atoms with Crippen LogP contribution < -0.4 is 5.32 Å². The molecule has 1 aliphatic carbocycles. The molecule has 14 heavy (non-hydrogen) atoms. The van der Waals surface area contributed by atoms with Crippen molar-refractivity contribution in [3.8, 4) is 0 Å². The number of amides is 1. The van der Waals surface area contributed by atoms with Crippen LogP contribution in [0.25, 0.3) is 0 Å². The molecule has 0 aromatic heterocycles. The number of aliphatic carboxylic acids is 1. The zero-order valence-corrected chi connectivity index (χ0v) is 8.29. The standard InChI is InChI=1S/C10H17NO3/c12-9(6-10(13)14)11-7-8-4-2-1-3-5-8/h8H,1-7H2,(H,11,12)(H,13,14). The van der Waals surface area contributed by atoms with Crippen molar-refractivity contribution < 1.29 is 14.7 Å². The largest absolute Gasteiger partial charge is 0.481 e. The number of nitrogens with one attached hydrogen (secondary N) is 1. The van der Waals surface area contributed by atoms with Crippen LogP contribution in [0.3, 0.4) is 0 Å². The van der Waals surface area contributed by atoms with Crippen LogP contribution in [0.4, 0.5) is 0 Å². The van der Waals surface area contributed by atoms with E-state index in [1.54, 1.807) is 0 Å². The number of carbonyl (C=O) groups is 2. The zero-order chi connectivity index (χ0) is 10.4. The maximum atomic E-state index is 11.0. The van der Waals surface area contributed by atoms with Crippen molar-refractivity contribution in [2.45, 2.75) is 38.5 Å². The molecular formula is C10H17NO3. The van der Waals surface area contributed by atoms with E-state index >= 15 is 0 Å². The topological polar surface area (TPSA) is 66.4 Å². The van der Waals surface area contributed by atoms with E-state index in [0.29, 0.717) is 12.5 Å². The van der Waals surface area contributed by atoms with Crippen molar-refractivity contribution in [1.82, 2.24) is 5.32 Å². The Morgan fingerprint density at radius 3 is 2.43 bits per heavy atom. The highest BCUT2D eigenvalue weighted by Crippen LogP contribution is 2.22. The van der Waals surface area contributed by atoms with Crippen molar-refractivity contribution >= 4 is 11.9 Å². The average molecular weight is 199 g/mol. The van der Waals surface area contributed by atoms with Crippen LogP contribution in [0.2, 0.25) is 0 Å². The molecule has 0 aromatic rings. The molecule has 0 atom stereocenters. The lowest BCUT2D eigenvalue weighted by Crippen LogP contribution is -2.31. The fourth-order valence-electron chi connectivity index (χ4n) is 1.85. The van der Waals surface area contributed by atoms with Gasteiger partial charge in [-0.15, -0.1) is 0 Å². The zero-order valence-electron chi connectivity index (χ0n) is 8.29. The van der Waals surface area contributed by atoms with Gasteiger partial charge < -0.3 is 10.4 Å². The highest BCUT2D eigenvalue weighted by molar-refractivity contribution is 5.93. The van der Waals surface area contributed by atoms with Crippen LogP contribution >= 0.6 is 0 Å². The number of carboxylic acid groups (broad SMARTS) is 1. The third-order valence-electron chi connectivity index (χ3n) is 2.62. The Balaban J connectivity index is 2.12. The molecule has 0 aliphatic heterocycles. The molecule has 1 saturated carbocycles. The molecule has 4 nitrogen and oxygen atoms in total. The van der Waals surface area contributed by atoms with E-state index in [9.17, 15) is 9.59 Å². The summed E-state index contributed by atoms with van der Waals surface area (Å²) in [4.78, 5) is 21.2. The van der Waals surface area contributed by atoms with Crippen LogP contribution in [0, 0.1) is 5.92 Å². The van der Waals surface area contributed by atoms with Crippen molar-refractivity contribution in [2.24, 2.45) is 5.92 Å². The van der Waals surface area contributed by atoms with Gasteiger partial charge in [0, 0.05) is 6.54 Å². The van der Waals surface area contributed by atoms with Crippen LogP contribution in [-0.4, -0.2) is 23.5 Å². The number of carbonyl (C=O) groups excluding carboxylic acids is 1. The summed E-state index contributed by atoms with van der Waals surface area (Å²) in [5.74, 6) is -0.879. The first-order valence-electron chi connectivity index (χ1n) is 5.17. The summed E-state index contributed by atoms with van der Waals surface area (Å²) in [6.45, 7) is 0.645. The quantitative estimate of drug-likeness (QED) is 0.667. The molecule has 1 rings (SSSR count). The summed E-state index contributed by atoms with van der Waals surface area (Å²) in [6.07, 6.45) is 5.67. The van der Waals surface area contributed by atoms with Gasteiger partial charge in [-0.25, -0.2) is 0 Å². The molecule has 1 amide bonds. The molecule has 0 saturated heterocycles. The predicted molar refractivity (Wildman–Crippen MR) is 51.8 cm³/mol. The monoisotopic (exact) mass is 199 g/mol. The first kappa shape index (κ1) is 11.0. The summed E-state index contributed by atoms with van der Waals surface area (Å²) in [5.41, 5.74) is 0. The van der Waals surface area contributed by atoms with Crippen LogP contribution in [0.5, 0.6) is 0 Å². The summed E-state index contributed by atoms with van der Waals surface area (Å²) >= 11 is 0. The number of hydrogen-bond donors (Lipinski definition) is 2. The molecule has 4 heteroatoms. The van der Waals surface area contributed by atoms with Crippen LogP contribution in [0.15, 0.2) is 0 Å². The normalized spacial score (nSPS) is 17.7. The third-order valence-corrected chi connectivity index (χ3v) is 2.62. The fraction of sp³-hybridized carbons (Fsp3) is 0.800. The number of rotatable bonds is 4. The second-order valence-corrected chi connectivity index (χ2v) is 3.88. The van der Waals surface area contributed by atoms with E-state index in [1.807, 2.05) is 0 Å². The van der Waals surface area contributed by atoms with Gasteiger partial charge >= 0.3 is 5.97 Å². The highest BCUT2D eigenvalue weighted by Gasteiger charge is 2.14. The number of hydrogen-bond acceptors (Lipinski definition) is 2. The molecule has 0 radical (unpaired) electrons. The summed E-state index contributed by atoms with van der Waals surface area (Å²) in [5, 5.41) is 11.0. The average Bonchev–Trinajstić information content (AvgIpc) is 2.15. The van der Waals surface area contributed by atoms with E-state index in [1.165, 1.54) is 19.3 Å². The molecule has 0 aromatic carbocycles. The van der Waals surface area contributed by atoms with Crippen molar-refractivity contribution in [2.75, 3.05) is 6.54 Å². The second kappa shape index (κ2) is 5.62. The molecule has 2 N–H and O–H groups in total. The van der Waals surface area contributed by atoms with E-state index in [4.69, 9.17) is 5.11 Å². The maximum absolute atomic E-state index is 11.0. The Morgan fingerprint density at radius 2 is 1.86 bits per heavy atom. The molecule has 1 aliphatic rings. The summed E-state index contributed by atoms with van der Waals surface area (Å²) in [6, 6.07) is 0. The summed E-state index contributed by atoms with van der Waals surface area (Å²) < 4.78 is 0. The smallest absolute Gasteiger partial charge is 0.312 e. The van der Waals surface area contributed by atoms with Crippen LogP contribution in [-0.2, 0) is 9.59 Å². The van der Waals surface area contributed by atoms with Gasteiger partial charge in [0.15, 0.2) is 0 Å². The van der Waals surface area contributed by atoms with E-state index in [0.717, 1.165) is 12.8 Å². The Kier molecular flexibility index (Phi) is 4.43. The molecule has 0 spiro atoms. The second-order valence-electron chi connectivity index (χ2n) is 3.88. The summed E-state index contributed by atoms with van der Waals surface area (Å²) in [7, 11) is 0. The Morgan fingerprint density at radius 1 is 1.21 bits per heavy atom. The van der Waals surface area contributed by atoms with E-state index in [2.05, 4.69) is 5.32 Å². The Bertz CT molecular complexity index is 209. The molecular weight excluding hydrogens is 182 g/mol. The predicted octanol–water partition coefficient (Wildman–Crippen LogP) is 1.16. The third kappa shape index (κ3) is 4.25. The van der Waals surface area contributed by atoms with Gasteiger partial charge in [-0.05, 0) is 18.8 Å². The van der Waals surface area contributed by atoms with Gasteiger partial charge in [0.1, 0.15) is 6.42 Å². The van der Waals surface area contributed by atoms with Gasteiger partial charge in [0.2, 0.25) is 5.91 Å². The molecule has 80 valence electrons. The minimum Gasteiger partial charge on any atom is -0.481 e.